The predicted molar refractivity (Wildman–Crippen MR) is 170 cm³/mol. The molecule has 4 heteroatoms. The number of aromatic nitrogens is 2. The summed E-state index contributed by atoms with van der Waals surface area (Å²) < 4.78 is 12.4. The van der Waals surface area contributed by atoms with E-state index in [0.717, 1.165) is 44.5 Å². The van der Waals surface area contributed by atoms with Gasteiger partial charge < -0.3 is 8.83 Å². The minimum Gasteiger partial charge on any atom is -0.436 e. The summed E-state index contributed by atoms with van der Waals surface area (Å²) in [4.78, 5) is 9.89. The summed E-state index contributed by atoms with van der Waals surface area (Å²) in [5, 5.41) is 0. The maximum absolute atomic E-state index is 6.22. The molecule has 0 aliphatic heterocycles. The number of hydrogen-bond donors (Lipinski definition) is 0. The van der Waals surface area contributed by atoms with E-state index in [1.807, 2.05) is 60.7 Å². The van der Waals surface area contributed by atoms with Crippen molar-refractivity contribution >= 4 is 22.2 Å². The van der Waals surface area contributed by atoms with Gasteiger partial charge in [-0.2, -0.15) is 0 Å². The smallest absolute Gasteiger partial charge is 0.227 e. The highest BCUT2D eigenvalue weighted by Crippen LogP contribution is 2.56. The zero-order chi connectivity index (χ0) is 28.4. The van der Waals surface area contributed by atoms with E-state index in [0.29, 0.717) is 11.8 Å². The second-order valence-electron chi connectivity index (χ2n) is 11.0. The molecule has 0 unspecified atom stereocenters. The Morgan fingerprint density at radius 1 is 0.419 bits per heavy atom. The van der Waals surface area contributed by atoms with Crippen molar-refractivity contribution in [2.24, 2.45) is 0 Å². The van der Waals surface area contributed by atoms with Crippen molar-refractivity contribution < 1.29 is 8.83 Å². The summed E-state index contributed by atoms with van der Waals surface area (Å²) in [6, 6.07) is 50.4. The Bertz CT molecular complexity index is 2130. The third kappa shape index (κ3) is 3.50. The van der Waals surface area contributed by atoms with Gasteiger partial charge in [0.2, 0.25) is 11.8 Å². The third-order valence-electron chi connectivity index (χ3n) is 8.63. The first kappa shape index (κ1) is 23.9. The fourth-order valence-electron chi connectivity index (χ4n) is 6.75. The molecule has 0 atom stereocenters. The lowest BCUT2D eigenvalue weighted by atomic mass is 9.67. The molecular formula is C39H24N2O2. The number of nitrogens with zero attached hydrogens (tertiary/aromatic N) is 2. The first-order valence-electron chi connectivity index (χ1n) is 14.4. The van der Waals surface area contributed by atoms with Gasteiger partial charge in [0.1, 0.15) is 11.0 Å². The lowest BCUT2D eigenvalue weighted by Gasteiger charge is -2.33. The van der Waals surface area contributed by atoms with Gasteiger partial charge in [0, 0.05) is 11.1 Å². The molecule has 0 amide bonds. The van der Waals surface area contributed by atoms with Crippen LogP contribution in [0.1, 0.15) is 22.3 Å². The van der Waals surface area contributed by atoms with Gasteiger partial charge in [-0.25, -0.2) is 9.97 Å². The predicted octanol–water partition coefficient (Wildman–Crippen LogP) is 9.67. The molecule has 0 radical (unpaired) electrons. The largest absolute Gasteiger partial charge is 0.436 e. The van der Waals surface area contributed by atoms with Crippen LogP contribution in [0.5, 0.6) is 0 Å². The quantitative estimate of drug-likeness (QED) is 0.218. The van der Waals surface area contributed by atoms with E-state index in [9.17, 15) is 0 Å². The summed E-state index contributed by atoms with van der Waals surface area (Å²) in [6.45, 7) is 0. The average Bonchev–Trinajstić information content (AvgIpc) is 3.78. The lowest BCUT2D eigenvalue weighted by Crippen LogP contribution is -2.28. The summed E-state index contributed by atoms with van der Waals surface area (Å²) in [6.07, 6.45) is 0. The molecule has 8 aromatic rings. The Balaban J connectivity index is 1.31. The molecule has 0 saturated carbocycles. The van der Waals surface area contributed by atoms with Crippen molar-refractivity contribution in [2.75, 3.05) is 0 Å². The van der Waals surface area contributed by atoms with Crippen LogP contribution in [0.4, 0.5) is 0 Å². The van der Waals surface area contributed by atoms with Crippen molar-refractivity contribution in [1.29, 1.82) is 0 Å². The van der Waals surface area contributed by atoms with Crippen molar-refractivity contribution in [3.8, 4) is 34.0 Å². The summed E-state index contributed by atoms with van der Waals surface area (Å²) in [5.74, 6) is 1.23. The van der Waals surface area contributed by atoms with Gasteiger partial charge in [-0.05, 0) is 81.9 Å². The minimum atomic E-state index is -0.590. The molecule has 9 rings (SSSR count). The van der Waals surface area contributed by atoms with Gasteiger partial charge in [-0.3, -0.25) is 0 Å². The van der Waals surface area contributed by atoms with Gasteiger partial charge in [0.15, 0.2) is 11.2 Å². The molecule has 0 saturated heterocycles. The number of rotatable bonds is 4. The highest BCUT2D eigenvalue weighted by atomic mass is 16.4. The molecular weight excluding hydrogens is 528 g/mol. The normalized spacial score (nSPS) is 13.3. The number of fused-ring (bicyclic) bond motifs is 5. The van der Waals surface area contributed by atoms with Crippen LogP contribution in [0.2, 0.25) is 0 Å². The van der Waals surface area contributed by atoms with Crippen LogP contribution in [0, 0.1) is 0 Å². The van der Waals surface area contributed by atoms with E-state index >= 15 is 0 Å². The van der Waals surface area contributed by atoms with Gasteiger partial charge in [-0.15, -0.1) is 0 Å². The van der Waals surface area contributed by atoms with Crippen molar-refractivity contribution in [3.63, 3.8) is 0 Å². The minimum absolute atomic E-state index is 0.590. The van der Waals surface area contributed by atoms with Crippen molar-refractivity contribution in [3.05, 3.63) is 168 Å². The Labute approximate surface area is 247 Å². The van der Waals surface area contributed by atoms with E-state index in [4.69, 9.17) is 18.8 Å². The standard InChI is InChI=1S/C39H24N2O2/c1-3-11-25(12-4-1)37-40-33-23-27(19-21-35(33)42-37)39(31-17-9-7-15-29(31)30-16-8-10-18-32(30)39)28-20-22-36-34(24-28)41-38(43-36)26-13-5-2-6-14-26/h1-24H. The Morgan fingerprint density at radius 2 is 0.837 bits per heavy atom. The van der Waals surface area contributed by atoms with E-state index < -0.39 is 5.41 Å². The first-order valence-corrected chi connectivity index (χ1v) is 14.4. The molecule has 1 aliphatic carbocycles. The van der Waals surface area contributed by atoms with Crippen LogP contribution in [0.3, 0.4) is 0 Å². The van der Waals surface area contributed by atoms with Gasteiger partial charge in [-0.1, -0.05) is 97.1 Å². The average molecular weight is 553 g/mol. The van der Waals surface area contributed by atoms with Crippen molar-refractivity contribution in [1.82, 2.24) is 9.97 Å². The van der Waals surface area contributed by atoms with E-state index in [2.05, 4.69) is 84.9 Å². The highest BCUT2D eigenvalue weighted by molar-refractivity contribution is 5.89. The molecule has 43 heavy (non-hydrogen) atoms. The molecule has 1 aliphatic rings. The second kappa shape index (κ2) is 9.13. The van der Waals surface area contributed by atoms with Crippen LogP contribution >= 0.6 is 0 Å². The zero-order valence-corrected chi connectivity index (χ0v) is 23.1. The summed E-state index contributed by atoms with van der Waals surface area (Å²) in [7, 11) is 0. The molecule has 2 heterocycles. The molecule has 6 aromatic carbocycles. The number of benzene rings is 6. The molecule has 0 fully saturated rings. The maximum Gasteiger partial charge on any atom is 0.227 e. The van der Waals surface area contributed by atoms with E-state index in [-0.39, 0.29) is 0 Å². The summed E-state index contributed by atoms with van der Waals surface area (Å²) in [5.41, 5.74) is 11.7. The van der Waals surface area contributed by atoms with E-state index in [1.165, 1.54) is 22.3 Å². The van der Waals surface area contributed by atoms with Crippen LogP contribution in [-0.4, -0.2) is 9.97 Å². The fourth-order valence-corrected chi connectivity index (χ4v) is 6.75. The second-order valence-corrected chi connectivity index (χ2v) is 11.0. The van der Waals surface area contributed by atoms with Crippen LogP contribution in [0.25, 0.3) is 56.2 Å². The Kier molecular flexibility index (Phi) is 5.08. The topological polar surface area (TPSA) is 52.1 Å². The molecule has 2 aromatic heterocycles. The number of oxazole rings is 2. The van der Waals surface area contributed by atoms with Crippen LogP contribution in [0.15, 0.2) is 154 Å². The zero-order valence-electron chi connectivity index (χ0n) is 23.1. The monoisotopic (exact) mass is 552 g/mol. The maximum atomic E-state index is 6.22. The molecule has 0 N–H and O–H groups in total. The molecule has 0 spiro atoms. The SMILES string of the molecule is c1ccc(-c2nc3cc(C4(c5ccc6oc(-c7ccccc7)nc6c5)c5ccccc5-c5ccccc54)ccc3o2)cc1. The third-order valence-corrected chi connectivity index (χ3v) is 8.63. The Morgan fingerprint density at radius 3 is 1.30 bits per heavy atom. The van der Waals surface area contributed by atoms with Crippen molar-refractivity contribution in [2.45, 2.75) is 5.41 Å². The summed E-state index contributed by atoms with van der Waals surface area (Å²) >= 11 is 0. The first-order chi connectivity index (χ1) is 21.3. The lowest BCUT2D eigenvalue weighted by molar-refractivity contribution is 0.619. The molecule has 4 nitrogen and oxygen atoms in total. The fraction of sp³-hybridized carbons (Fsp3) is 0.0256. The highest BCUT2D eigenvalue weighted by Gasteiger charge is 2.46. The van der Waals surface area contributed by atoms with Gasteiger partial charge in [0.05, 0.1) is 5.41 Å². The number of hydrogen-bond acceptors (Lipinski definition) is 4. The van der Waals surface area contributed by atoms with Gasteiger partial charge >= 0.3 is 0 Å². The van der Waals surface area contributed by atoms with E-state index in [1.54, 1.807) is 0 Å². The van der Waals surface area contributed by atoms with Gasteiger partial charge in [0.25, 0.3) is 0 Å². The molecule has 202 valence electrons. The Hall–Kier alpha value is -5.74. The molecule has 0 bridgehead atoms. The van der Waals surface area contributed by atoms with Crippen LogP contribution in [-0.2, 0) is 5.41 Å². The van der Waals surface area contributed by atoms with Crippen LogP contribution < -0.4 is 0 Å².